The molecule has 0 amide bonds. The second-order valence-electron chi connectivity index (χ2n) is 1.29. The lowest BCUT2D eigenvalue weighted by Gasteiger charge is -1.86. The van der Waals surface area contributed by atoms with Gasteiger partial charge in [0.2, 0.25) is 0 Å². The molecule has 0 saturated heterocycles. The van der Waals surface area contributed by atoms with E-state index in [0.717, 1.165) is 0 Å². The third kappa shape index (κ3) is 1.20. The van der Waals surface area contributed by atoms with E-state index in [2.05, 4.69) is 15.4 Å². The standard InChI is InChI=1S/C4H2ClN3O/c5-3-1-6-8-7-4(3)2-9/h1-2H. The Kier molecular flexibility index (Phi) is 1.69. The SMILES string of the molecule is O=Cc1nnncc1Cl. The Morgan fingerprint density at radius 1 is 1.67 bits per heavy atom. The number of hydrogen-bond acceptors (Lipinski definition) is 4. The quantitative estimate of drug-likeness (QED) is 0.532. The van der Waals surface area contributed by atoms with Crippen LogP contribution in [0.2, 0.25) is 5.02 Å². The second kappa shape index (κ2) is 2.50. The van der Waals surface area contributed by atoms with Gasteiger partial charge in [-0.15, -0.1) is 10.2 Å². The smallest absolute Gasteiger partial charge is 0.171 e. The molecule has 5 heteroatoms. The van der Waals surface area contributed by atoms with Crippen LogP contribution >= 0.6 is 11.6 Å². The molecule has 1 rings (SSSR count). The summed E-state index contributed by atoms with van der Waals surface area (Å²) < 4.78 is 0. The molecule has 0 N–H and O–H groups in total. The van der Waals surface area contributed by atoms with E-state index in [-0.39, 0.29) is 10.7 Å². The Balaban J connectivity index is 3.15. The van der Waals surface area contributed by atoms with Crippen molar-refractivity contribution in [3.8, 4) is 0 Å². The Morgan fingerprint density at radius 3 is 2.89 bits per heavy atom. The van der Waals surface area contributed by atoms with E-state index in [1.165, 1.54) is 6.20 Å². The molecule has 46 valence electrons. The van der Waals surface area contributed by atoms with E-state index < -0.39 is 0 Å². The fourth-order valence-electron chi connectivity index (χ4n) is 0.344. The predicted octanol–water partition coefficient (Wildman–Crippen LogP) is 0.337. The number of halogens is 1. The number of carbonyl (C=O) groups is 1. The lowest BCUT2D eigenvalue weighted by molar-refractivity contribution is 0.111. The van der Waals surface area contributed by atoms with Crippen LogP contribution in [-0.4, -0.2) is 21.7 Å². The van der Waals surface area contributed by atoms with Crippen LogP contribution in [0.3, 0.4) is 0 Å². The topological polar surface area (TPSA) is 55.7 Å². The van der Waals surface area contributed by atoms with Crippen molar-refractivity contribution in [1.82, 2.24) is 15.4 Å². The van der Waals surface area contributed by atoms with Gasteiger partial charge in [-0.1, -0.05) is 11.6 Å². The Bertz CT molecular complexity index is 227. The van der Waals surface area contributed by atoms with Crippen molar-refractivity contribution in [2.24, 2.45) is 0 Å². The highest BCUT2D eigenvalue weighted by Gasteiger charge is 1.97. The first-order valence-corrected chi connectivity index (χ1v) is 2.51. The zero-order chi connectivity index (χ0) is 6.69. The van der Waals surface area contributed by atoms with Gasteiger partial charge in [0.25, 0.3) is 0 Å². The lowest BCUT2D eigenvalue weighted by atomic mass is 10.5. The van der Waals surface area contributed by atoms with Crippen molar-refractivity contribution in [2.75, 3.05) is 0 Å². The lowest BCUT2D eigenvalue weighted by Crippen LogP contribution is -1.92. The first-order valence-electron chi connectivity index (χ1n) is 2.13. The van der Waals surface area contributed by atoms with Gasteiger partial charge in [-0.3, -0.25) is 4.79 Å². The van der Waals surface area contributed by atoms with Crippen molar-refractivity contribution >= 4 is 17.9 Å². The molecule has 9 heavy (non-hydrogen) atoms. The van der Waals surface area contributed by atoms with Gasteiger partial charge in [-0.25, -0.2) is 0 Å². The summed E-state index contributed by atoms with van der Waals surface area (Å²) in [5, 5.41) is 10.1. The van der Waals surface area contributed by atoms with Gasteiger partial charge in [0.1, 0.15) is 5.69 Å². The van der Waals surface area contributed by atoms with Gasteiger partial charge in [-0.05, 0) is 5.21 Å². The summed E-state index contributed by atoms with van der Waals surface area (Å²) >= 11 is 5.43. The van der Waals surface area contributed by atoms with E-state index in [0.29, 0.717) is 6.29 Å². The van der Waals surface area contributed by atoms with E-state index in [9.17, 15) is 4.79 Å². The van der Waals surface area contributed by atoms with Crippen molar-refractivity contribution < 1.29 is 4.79 Å². The van der Waals surface area contributed by atoms with Crippen molar-refractivity contribution in [3.05, 3.63) is 16.9 Å². The predicted molar refractivity (Wildman–Crippen MR) is 30.2 cm³/mol. The summed E-state index contributed by atoms with van der Waals surface area (Å²) in [5.41, 5.74) is 0.117. The summed E-state index contributed by atoms with van der Waals surface area (Å²) in [7, 11) is 0. The largest absolute Gasteiger partial charge is 0.296 e. The van der Waals surface area contributed by atoms with Crippen LogP contribution in [0.25, 0.3) is 0 Å². The van der Waals surface area contributed by atoms with Gasteiger partial charge in [0, 0.05) is 0 Å². The summed E-state index contributed by atoms with van der Waals surface area (Å²) in [4.78, 5) is 10.0. The maximum Gasteiger partial charge on any atom is 0.171 e. The van der Waals surface area contributed by atoms with Crippen LogP contribution in [0.5, 0.6) is 0 Å². The highest BCUT2D eigenvalue weighted by atomic mass is 35.5. The maximum atomic E-state index is 10.0. The normalized spacial score (nSPS) is 9.00. The zero-order valence-corrected chi connectivity index (χ0v) is 5.04. The van der Waals surface area contributed by atoms with Crippen LogP contribution < -0.4 is 0 Å². The molecular formula is C4H2ClN3O. The first-order chi connectivity index (χ1) is 4.34. The third-order valence-corrected chi connectivity index (χ3v) is 1.02. The molecule has 0 aliphatic heterocycles. The van der Waals surface area contributed by atoms with Crippen LogP contribution in [0.15, 0.2) is 6.20 Å². The minimum atomic E-state index is 0.117. The van der Waals surface area contributed by atoms with Gasteiger partial charge in [-0.2, -0.15) is 0 Å². The highest BCUT2D eigenvalue weighted by molar-refractivity contribution is 6.32. The summed E-state index contributed by atoms with van der Waals surface area (Å²) in [5.74, 6) is 0. The summed E-state index contributed by atoms with van der Waals surface area (Å²) in [6.45, 7) is 0. The molecule has 0 spiro atoms. The number of aromatic nitrogens is 3. The number of rotatable bonds is 1. The van der Waals surface area contributed by atoms with Gasteiger partial charge < -0.3 is 0 Å². The molecule has 0 saturated carbocycles. The fraction of sp³-hybridized carbons (Fsp3) is 0. The van der Waals surface area contributed by atoms with Crippen LogP contribution in [0, 0.1) is 0 Å². The molecule has 1 heterocycles. The number of carbonyl (C=O) groups excluding carboxylic acids is 1. The van der Waals surface area contributed by atoms with Crippen LogP contribution in [0.1, 0.15) is 10.5 Å². The van der Waals surface area contributed by atoms with Gasteiger partial charge in [0.05, 0.1) is 11.2 Å². The van der Waals surface area contributed by atoms with E-state index in [1.807, 2.05) is 0 Å². The Hall–Kier alpha value is -1.03. The average molecular weight is 144 g/mol. The molecule has 0 unspecified atom stereocenters. The average Bonchev–Trinajstić information content (AvgIpc) is 1.89. The van der Waals surface area contributed by atoms with Gasteiger partial charge >= 0.3 is 0 Å². The van der Waals surface area contributed by atoms with E-state index >= 15 is 0 Å². The summed E-state index contributed by atoms with van der Waals surface area (Å²) in [6, 6.07) is 0. The molecule has 0 bridgehead atoms. The molecule has 0 aliphatic rings. The number of aldehydes is 1. The molecule has 0 radical (unpaired) electrons. The second-order valence-corrected chi connectivity index (χ2v) is 1.69. The van der Waals surface area contributed by atoms with Crippen LogP contribution in [-0.2, 0) is 0 Å². The molecular weight excluding hydrogens is 142 g/mol. The molecule has 0 aliphatic carbocycles. The molecule has 1 aromatic heterocycles. The number of nitrogens with zero attached hydrogens (tertiary/aromatic N) is 3. The monoisotopic (exact) mass is 143 g/mol. The van der Waals surface area contributed by atoms with E-state index in [1.54, 1.807) is 0 Å². The molecule has 0 fully saturated rings. The first kappa shape index (κ1) is 6.10. The highest BCUT2D eigenvalue weighted by Crippen LogP contribution is 2.05. The zero-order valence-electron chi connectivity index (χ0n) is 4.28. The molecule has 0 aromatic carbocycles. The molecule has 0 atom stereocenters. The van der Waals surface area contributed by atoms with Crippen molar-refractivity contribution in [1.29, 1.82) is 0 Å². The fourth-order valence-corrected chi connectivity index (χ4v) is 0.470. The van der Waals surface area contributed by atoms with Gasteiger partial charge in [0.15, 0.2) is 6.29 Å². The third-order valence-electron chi connectivity index (χ3n) is 0.732. The Morgan fingerprint density at radius 2 is 2.44 bits per heavy atom. The van der Waals surface area contributed by atoms with Crippen molar-refractivity contribution in [3.63, 3.8) is 0 Å². The Labute approximate surface area is 55.9 Å². The summed E-state index contributed by atoms with van der Waals surface area (Å²) in [6.07, 6.45) is 1.79. The van der Waals surface area contributed by atoms with E-state index in [4.69, 9.17) is 11.6 Å². The van der Waals surface area contributed by atoms with Crippen LogP contribution in [0.4, 0.5) is 0 Å². The molecule has 4 nitrogen and oxygen atoms in total. The minimum absolute atomic E-state index is 0.117. The maximum absolute atomic E-state index is 10.0. The molecule has 1 aromatic rings. The minimum Gasteiger partial charge on any atom is -0.296 e. The number of hydrogen-bond donors (Lipinski definition) is 0. The van der Waals surface area contributed by atoms with Crippen molar-refractivity contribution in [2.45, 2.75) is 0 Å².